The van der Waals surface area contributed by atoms with E-state index in [0.29, 0.717) is 17.3 Å². The number of hydrogen-bond donors (Lipinski definition) is 3. The number of hydrogen-bond acceptors (Lipinski definition) is 5. The van der Waals surface area contributed by atoms with E-state index in [4.69, 9.17) is 0 Å². The molecule has 0 bridgehead atoms. The van der Waals surface area contributed by atoms with E-state index in [9.17, 15) is 4.79 Å². The maximum Gasteiger partial charge on any atom is 0.267 e. The number of amides is 1. The number of carbonyl (C=O) groups is 1. The molecule has 158 valence electrons. The zero-order valence-electron chi connectivity index (χ0n) is 17.6. The molecule has 3 heterocycles. The van der Waals surface area contributed by atoms with E-state index in [2.05, 4.69) is 30.8 Å². The SMILES string of the molecule is CNC(=O)c1cc2ccc(-c3nccc(Nc4ccc(-c5cn[nH]c5)cc4)n3)cc2n1C. The first-order valence-electron chi connectivity index (χ1n) is 10.1. The van der Waals surface area contributed by atoms with Gasteiger partial charge in [-0.3, -0.25) is 9.89 Å². The van der Waals surface area contributed by atoms with Crippen LogP contribution in [0, 0.1) is 0 Å². The van der Waals surface area contributed by atoms with Crippen molar-refractivity contribution in [1.82, 2.24) is 30.0 Å². The first-order chi connectivity index (χ1) is 15.6. The first-order valence-corrected chi connectivity index (χ1v) is 10.1. The molecule has 1 amide bonds. The van der Waals surface area contributed by atoms with Crippen LogP contribution in [0.25, 0.3) is 33.4 Å². The summed E-state index contributed by atoms with van der Waals surface area (Å²) in [6, 6.07) is 17.7. The molecule has 0 fully saturated rings. The lowest BCUT2D eigenvalue weighted by Crippen LogP contribution is -2.20. The van der Waals surface area contributed by atoms with Crippen molar-refractivity contribution in [2.24, 2.45) is 7.05 Å². The number of carbonyl (C=O) groups excluding carboxylic acids is 1. The van der Waals surface area contributed by atoms with Gasteiger partial charge >= 0.3 is 0 Å². The van der Waals surface area contributed by atoms with Gasteiger partial charge < -0.3 is 15.2 Å². The number of aromatic nitrogens is 5. The fourth-order valence-electron chi connectivity index (χ4n) is 3.69. The van der Waals surface area contributed by atoms with Crippen LogP contribution in [0.3, 0.4) is 0 Å². The van der Waals surface area contributed by atoms with E-state index in [1.165, 1.54) is 0 Å². The van der Waals surface area contributed by atoms with Crippen LogP contribution in [0.2, 0.25) is 0 Å². The molecule has 0 spiro atoms. The van der Waals surface area contributed by atoms with Crippen LogP contribution in [-0.4, -0.2) is 37.7 Å². The van der Waals surface area contributed by atoms with E-state index in [1.54, 1.807) is 19.4 Å². The summed E-state index contributed by atoms with van der Waals surface area (Å²) in [7, 11) is 3.51. The van der Waals surface area contributed by atoms with Crippen LogP contribution in [0.4, 0.5) is 11.5 Å². The second kappa shape index (κ2) is 7.99. The number of aryl methyl sites for hydroxylation is 1. The van der Waals surface area contributed by atoms with Gasteiger partial charge in [0.25, 0.3) is 5.91 Å². The van der Waals surface area contributed by atoms with Crippen molar-refractivity contribution in [3.8, 4) is 22.5 Å². The highest BCUT2D eigenvalue weighted by atomic mass is 16.1. The summed E-state index contributed by atoms with van der Waals surface area (Å²) in [6.07, 6.45) is 5.39. The Balaban J connectivity index is 1.42. The van der Waals surface area contributed by atoms with Crippen molar-refractivity contribution < 1.29 is 4.79 Å². The minimum absolute atomic E-state index is 0.119. The second-order valence-corrected chi connectivity index (χ2v) is 7.40. The number of aromatic amines is 1. The zero-order chi connectivity index (χ0) is 22.1. The highest BCUT2D eigenvalue weighted by Gasteiger charge is 2.13. The second-order valence-electron chi connectivity index (χ2n) is 7.40. The van der Waals surface area contributed by atoms with Crippen molar-refractivity contribution in [2.75, 3.05) is 12.4 Å². The summed E-state index contributed by atoms with van der Waals surface area (Å²) in [6.45, 7) is 0. The summed E-state index contributed by atoms with van der Waals surface area (Å²) in [4.78, 5) is 21.2. The normalized spacial score (nSPS) is 10.9. The van der Waals surface area contributed by atoms with Crippen molar-refractivity contribution in [2.45, 2.75) is 0 Å². The highest BCUT2D eigenvalue weighted by molar-refractivity contribution is 5.99. The summed E-state index contributed by atoms with van der Waals surface area (Å²) >= 11 is 0. The van der Waals surface area contributed by atoms with E-state index in [-0.39, 0.29) is 5.91 Å². The molecule has 8 nitrogen and oxygen atoms in total. The largest absolute Gasteiger partial charge is 0.354 e. The maximum atomic E-state index is 12.1. The molecule has 0 aliphatic heterocycles. The molecule has 0 aliphatic rings. The van der Waals surface area contributed by atoms with Gasteiger partial charge in [0, 0.05) is 54.2 Å². The lowest BCUT2D eigenvalue weighted by Gasteiger charge is -2.08. The van der Waals surface area contributed by atoms with Gasteiger partial charge in [0.2, 0.25) is 0 Å². The van der Waals surface area contributed by atoms with Crippen molar-refractivity contribution in [3.05, 3.63) is 78.9 Å². The molecule has 0 saturated carbocycles. The molecule has 3 aromatic heterocycles. The number of benzene rings is 2. The fourth-order valence-corrected chi connectivity index (χ4v) is 3.69. The molecule has 8 heteroatoms. The van der Waals surface area contributed by atoms with Gasteiger partial charge in [0.1, 0.15) is 11.5 Å². The predicted octanol–water partition coefficient (Wildman–Crippen LogP) is 4.13. The van der Waals surface area contributed by atoms with Gasteiger partial charge in [0.05, 0.1) is 6.20 Å². The maximum absolute atomic E-state index is 12.1. The highest BCUT2D eigenvalue weighted by Crippen LogP contribution is 2.26. The van der Waals surface area contributed by atoms with Gasteiger partial charge in [-0.2, -0.15) is 5.10 Å². The minimum Gasteiger partial charge on any atom is -0.354 e. The number of nitrogens with zero attached hydrogens (tertiary/aromatic N) is 4. The van der Waals surface area contributed by atoms with Crippen LogP contribution in [0.1, 0.15) is 10.5 Å². The predicted molar refractivity (Wildman–Crippen MR) is 125 cm³/mol. The molecule has 0 unspecified atom stereocenters. The molecular weight excluding hydrogens is 402 g/mol. The first kappa shape index (κ1) is 19.5. The zero-order valence-corrected chi connectivity index (χ0v) is 17.6. The summed E-state index contributed by atoms with van der Waals surface area (Å²) in [5, 5.41) is 13.8. The standard InChI is InChI=1S/C24H21N7O/c1-25-24(32)21-11-16-3-4-17(12-20(16)31(21)2)23-26-10-9-22(30-23)29-19-7-5-15(6-8-19)18-13-27-28-14-18/h3-14H,1-2H3,(H,25,32)(H,27,28)(H,26,29,30). The smallest absolute Gasteiger partial charge is 0.267 e. The van der Waals surface area contributed by atoms with E-state index in [1.807, 2.05) is 72.4 Å². The van der Waals surface area contributed by atoms with Crippen molar-refractivity contribution in [1.29, 1.82) is 0 Å². The van der Waals surface area contributed by atoms with Crippen LogP contribution >= 0.6 is 0 Å². The summed E-state index contributed by atoms with van der Waals surface area (Å²) < 4.78 is 1.88. The Labute approximate surface area is 184 Å². The lowest BCUT2D eigenvalue weighted by molar-refractivity contribution is 0.0955. The molecule has 5 aromatic rings. The molecule has 2 aromatic carbocycles. The quantitative estimate of drug-likeness (QED) is 0.395. The van der Waals surface area contributed by atoms with Crippen molar-refractivity contribution in [3.63, 3.8) is 0 Å². The Bertz CT molecular complexity index is 1400. The Hall–Kier alpha value is -4.46. The molecule has 0 saturated heterocycles. The van der Waals surface area contributed by atoms with Crippen molar-refractivity contribution >= 4 is 28.3 Å². The third kappa shape index (κ3) is 3.58. The van der Waals surface area contributed by atoms with E-state index < -0.39 is 0 Å². The van der Waals surface area contributed by atoms with Crippen LogP contribution in [-0.2, 0) is 7.05 Å². The topological polar surface area (TPSA) is 101 Å². The van der Waals surface area contributed by atoms with Gasteiger partial charge in [-0.05, 0) is 35.9 Å². The third-order valence-corrected chi connectivity index (χ3v) is 5.41. The minimum atomic E-state index is -0.119. The van der Waals surface area contributed by atoms with Gasteiger partial charge in [-0.1, -0.05) is 24.3 Å². The van der Waals surface area contributed by atoms with Gasteiger partial charge in [-0.25, -0.2) is 9.97 Å². The molecule has 0 aliphatic carbocycles. The molecule has 0 atom stereocenters. The Kier molecular flexibility index (Phi) is 4.87. The molecule has 32 heavy (non-hydrogen) atoms. The summed E-state index contributed by atoms with van der Waals surface area (Å²) in [5.41, 5.74) is 5.47. The average Bonchev–Trinajstić information content (AvgIpc) is 3.48. The third-order valence-electron chi connectivity index (χ3n) is 5.41. The number of H-pyrrole nitrogens is 1. The van der Waals surface area contributed by atoms with Crippen LogP contribution in [0.15, 0.2) is 73.2 Å². The average molecular weight is 423 g/mol. The van der Waals surface area contributed by atoms with E-state index in [0.717, 1.165) is 33.3 Å². The number of nitrogens with one attached hydrogen (secondary N) is 3. The monoisotopic (exact) mass is 423 g/mol. The fraction of sp³-hybridized carbons (Fsp3) is 0.0833. The molecular formula is C24H21N7O. The number of rotatable bonds is 5. The number of fused-ring (bicyclic) bond motifs is 1. The molecule has 0 radical (unpaired) electrons. The Morgan fingerprint density at radius 3 is 2.56 bits per heavy atom. The van der Waals surface area contributed by atoms with Crippen LogP contribution < -0.4 is 10.6 Å². The molecule has 5 rings (SSSR count). The van der Waals surface area contributed by atoms with Crippen LogP contribution in [0.5, 0.6) is 0 Å². The summed E-state index contributed by atoms with van der Waals surface area (Å²) in [5.74, 6) is 1.19. The Morgan fingerprint density at radius 2 is 1.81 bits per heavy atom. The van der Waals surface area contributed by atoms with Gasteiger partial charge in [-0.15, -0.1) is 0 Å². The van der Waals surface area contributed by atoms with E-state index >= 15 is 0 Å². The lowest BCUT2D eigenvalue weighted by atomic mass is 10.1. The molecule has 3 N–H and O–H groups in total. The Morgan fingerprint density at radius 1 is 1.00 bits per heavy atom. The van der Waals surface area contributed by atoms with Gasteiger partial charge in [0.15, 0.2) is 5.82 Å². The number of anilines is 2.